The van der Waals surface area contributed by atoms with Crippen LogP contribution in [0.25, 0.3) is 0 Å². The maximum atomic E-state index is 11.6. The Hall–Kier alpha value is -2.09. The average molecular weight is 313 g/mol. The maximum absolute atomic E-state index is 11.6. The Morgan fingerprint density at radius 1 is 1.32 bits per heavy atom. The molecule has 1 unspecified atom stereocenters. The van der Waals surface area contributed by atoms with E-state index in [1.807, 2.05) is 0 Å². The van der Waals surface area contributed by atoms with Crippen molar-refractivity contribution in [3.8, 4) is 0 Å². The Morgan fingerprint density at radius 3 is 2.59 bits per heavy atom. The molecule has 0 aromatic heterocycles. The Labute approximate surface area is 129 Å². The molecule has 2 N–H and O–H groups in total. The first-order valence-electron chi connectivity index (χ1n) is 6.98. The minimum Gasteiger partial charge on any atom is -0.444 e. The highest BCUT2D eigenvalue weighted by atomic mass is 16.6. The molecule has 0 fully saturated rings. The van der Waals surface area contributed by atoms with Crippen molar-refractivity contribution in [2.45, 2.75) is 32.6 Å². The van der Waals surface area contributed by atoms with Gasteiger partial charge in [0.1, 0.15) is 5.60 Å². The largest absolute Gasteiger partial charge is 0.444 e. The molecule has 1 aliphatic heterocycles. The van der Waals surface area contributed by atoms with Crippen molar-refractivity contribution in [2.75, 3.05) is 26.7 Å². The topological polar surface area (TPSA) is 97.0 Å². The van der Waals surface area contributed by atoms with Gasteiger partial charge in [0, 0.05) is 26.3 Å². The first kappa shape index (κ1) is 18.0. The van der Waals surface area contributed by atoms with E-state index in [0.717, 1.165) is 0 Å². The van der Waals surface area contributed by atoms with E-state index in [2.05, 4.69) is 10.6 Å². The lowest BCUT2D eigenvalue weighted by Gasteiger charge is -2.23. The van der Waals surface area contributed by atoms with Gasteiger partial charge in [-0.15, -0.1) is 0 Å². The van der Waals surface area contributed by atoms with E-state index in [0.29, 0.717) is 6.54 Å². The quantitative estimate of drug-likeness (QED) is 0.719. The number of nitrogens with one attached hydrogen (secondary N) is 2. The SMILES string of the molecule is COC1C=CC(=O)N1CCNC(=O)CNC(=O)OC(C)(C)C. The second-order valence-electron chi connectivity index (χ2n) is 5.72. The first-order chi connectivity index (χ1) is 10.2. The summed E-state index contributed by atoms with van der Waals surface area (Å²) in [6, 6.07) is 0. The minimum atomic E-state index is -0.652. The van der Waals surface area contributed by atoms with Crippen LogP contribution >= 0.6 is 0 Å². The molecule has 0 saturated carbocycles. The molecule has 0 spiro atoms. The van der Waals surface area contributed by atoms with Crippen molar-refractivity contribution < 1.29 is 23.9 Å². The molecule has 1 rings (SSSR count). The number of hydrogen-bond acceptors (Lipinski definition) is 5. The lowest BCUT2D eigenvalue weighted by atomic mass is 10.2. The smallest absolute Gasteiger partial charge is 0.408 e. The summed E-state index contributed by atoms with van der Waals surface area (Å²) in [5, 5.41) is 4.96. The molecule has 8 nitrogen and oxygen atoms in total. The zero-order valence-electron chi connectivity index (χ0n) is 13.3. The number of rotatable bonds is 6. The number of carbonyl (C=O) groups excluding carboxylic acids is 3. The van der Waals surface area contributed by atoms with Crippen LogP contribution in [0.5, 0.6) is 0 Å². The first-order valence-corrected chi connectivity index (χ1v) is 6.98. The predicted molar refractivity (Wildman–Crippen MR) is 78.9 cm³/mol. The van der Waals surface area contributed by atoms with Gasteiger partial charge in [-0.1, -0.05) is 0 Å². The lowest BCUT2D eigenvalue weighted by Crippen LogP contribution is -2.44. The van der Waals surface area contributed by atoms with Crippen molar-refractivity contribution in [2.24, 2.45) is 0 Å². The lowest BCUT2D eigenvalue weighted by molar-refractivity contribution is -0.132. The number of methoxy groups -OCH3 is 1. The van der Waals surface area contributed by atoms with Gasteiger partial charge in [-0.05, 0) is 26.8 Å². The molecule has 0 bridgehead atoms. The monoisotopic (exact) mass is 313 g/mol. The van der Waals surface area contributed by atoms with Crippen LogP contribution in [0, 0.1) is 0 Å². The average Bonchev–Trinajstić information content (AvgIpc) is 2.75. The minimum absolute atomic E-state index is 0.159. The van der Waals surface area contributed by atoms with E-state index in [1.54, 1.807) is 26.8 Å². The molecule has 0 radical (unpaired) electrons. The Kier molecular flexibility index (Phi) is 6.36. The van der Waals surface area contributed by atoms with Crippen LogP contribution in [0.15, 0.2) is 12.2 Å². The van der Waals surface area contributed by atoms with Crippen LogP contribution in [0.2, 0.25) is 0 Å². The summed E-state index contributed by atoms with van der Waals surface area (Å²) < 4.78 is 10.1. The summed E-state index contributed by atoms with van der Waals surface area (Å²) in [6.45, 7) is 5.61. The number of amides is 3. The molecule has 8 heteroatoms. The van der Waals surface area contributed by atoms with Crippen molar-refractivity contribution >= 4 is 17.9 Å². The van der Waals surface area contributed by atoms with Gasteiger partial charge in [0.2, 0.25) is 11.8 Å². The van der Waals surface area contributed by atoms with Crippen LogP contribution in [0.1, 0.15) is 20.8 Å². The molecular formula is C14H23N3O5. The fourth-order valence-electron chi connectivity index (χ4n) is 1.78. The molecule has 0 aliphatic carbocycles. The molecule has 1 aliphatic rings. The summed E-state index contributed by atoms with van der Waals surface area (Å²) in [4.78, 5) is 36.0. The predicted octanol–water partition coefficient (Wildman–Crippen LogP) is -0.00180. The van der Waals surface area contributed by atoms with Crippen molar-refractivity contribution in [3.63, 3.8) is 0 Å². The molecule has 0 saturated heterocycles. The van der Waals surface area contributed by atoms with Gasteiger partial charge in [0.05, 0.1) is 6.54 Å². The van der Waals surface area contributed by atoms with Crippen LogP contribution in [-0.4, -0.2) is 61.4 Å². The number of ether oxygens (including phenoxy) is 2. The van der Waals surface area contributed by atoms with E-state index in [9.17, 15) is 14.4 Å². The van der Waals surface area contributed by atoms with Gasteiger partial charge in [-0.25, -0.2) is 4.79 Å². The number of alkyl carbamates (subject to hydrolysis) is 1. The number of hydrogen-bond donors (Lipinski definition) is 2. The van der Waals surface area contributed by atoms with Crippen molar-refractivity contribution in [3.05, 3.63) is 12.2 Å². The summed E-state index contributed by atoms with van der Waals surface area (Å²) in [7, 11) is 1.50. The van der Waals surface area contributed by atoms with Gasteiger partial charge in [-0.3, -0.25) is 9.59 Å². The zero-order chi connectivity index (χ0) is 16.8. The Bertz CT molecular complexity index is 456. The van der Waals surface area contributed by atoms with Gasteiger partial charge in [0.25, 0.3) is 0 Å². The number of nitrogens with zero attached hydrogens (tertiary/aromatic N) is 1. The highest BCUT2D eigenvalue weighted by Crippen LogP contribution is 2.10. The summed E-state index contributed by atoms with van der Waals surface area (Å²) in [5.74, 6) is -0.521. The third-order valence-corrected chi connectivity index (χ3v) is 2.70. The highest BCUT2D eigenvalue weighted by Gasteiger charge is 2.24. The van der Waals surface area contributed by atoms with Gasteiger partial charge < -0.3 is 25.0 Å². The van der Waals surface area contributed by atoms with Crippen LogP contribution in [0.4, 0.5) is 4.79 Å². The van der Waals surface area contributed by atoms with Gasteiger partial charge >= 0.3 is 6.09 Å². The van der Waals surface area contributed by atoms with Crippen LogP contribution in [-0.2, 0) is 19.1 Å². The summed E-state index contributed by atoms with van der Waals surface area (Å²) in [5.41, 5.74) is -0.612. The zero-order valence-corrected chi connectivity index (χ0v) is 13.3. The second kappa shape index (κ2) is 7.79. The molecule has 22 heavy (non-hydrogen) atoms. The highest BCUT2D eigenvalue weighted by molar-refractivity contribution is 5.90. The molecule has 0 aromatic carbocycles. The second-order valence-corrected chi connectivity index (χ2v) is 5.72. The Balaban J connectivity index is 2.21. The van der Waals surface area contributed by atoms with E-state index < -0.39 is 17.9 Å². The molecule has 124 valence electrons. The fourth-order valence-corrected chi connectivity index (χ4v) is 1.78. The fraction of sp³-hybridized carbons (Fsp3) is 0.643. The summed E-state index contributed by atoms with van der Waals surface area (Å²) in [6.07, 6.45) is 2.03. The van der Waals surface area contributed by atoms with Gasteiger partial charge in [0.15, 0.2) is 6.23 Å². The molecule has 1 atom stereocenters. The van der Waals surface area contributed by atoms with E-state index in [1.165, 1.54) is 18.1 Å². The van der Waals surface area contributed by atoms with Crippen LogP contribution < -0.4 is 10.6 Å². The van der Waals surface area contributed by atoms with Crippen molar-refractivity contribution in [1.82, 2.24) is 15.5 Å². The molecule has 3 amide bonds. The Morgan fingerprint density at radius 2 is 2.00 bits per heavy atom. The standard InChI is InChI=1S/C14H23N3O5/c1-14(2,3)22-13(20)16-9-10(18)15-7-8-17-11(19)5-6-12(17)21-4/h5-6,12H,7-9H2,1-4H3,(H,15,18)(H,16,20). The normalized spacial score (nSPS) is 17.5. The van der Waals surface area contributed by atoms with Gasteiger partial charge in [-0.2, -0.15) is 0 Å². The van der Waals surface area contributed by atoms with E-state index >= 15 is 0 Å². The maximum Gasteiger partial charge on any atom is 0.408 e. The molecule has 1 heterocycles. The van der Waals surface area contributed by atoms with E-state index in [-0.39, 0.29) is 24.9 Å². The van der Waals surface area contributed by atoms with E-state index in [4.69, 9.17) is 9.47 Å². The summed E-state index contributed by atoms with van der Waals surface area (Å²) >= 11 is 0. The third kappa shape index (κ3) is 6.13. The molecule has 0 aromatic rings. The van der Waals surface area contributed by atoms with Crippen LogP contribution in [0.3, 0.4) is 0 Å². The molecular weight excluding hydrogens is 290 g/mol. The number of carbonyl (C=O) groups is 3. The third-order valence-electron chi connectivity index (χ3n) is 2.70. The van der Waals surface area contributed by atoms with Crippen molar-refractivity contribution in [1.29, 1.82) is 0 Å².